The summed E-state index contributed by atoms with van der Waals surface area (Å²) in [5, 5.41) is 3.29. The van der Waals surface area contributed by atoms with E-state index < -0.39 is 0 Å². The van der Waals surface area contributed by atoms with Crippen molar-refractivity contribution < 1.29 is 4.79 Å². The Bertz CT molecular complexity index is 180. The quantitative estimate of drug-likeness (QED) is 0.702. The van der Waals surface area contributed by atoms with Gasteiger partial charge in [-0.2, -0.15) is 0 Å². The van der Waals surface area contributed by atoms with Crippen molar-refractivity contribution in [2.24, 2.45) is 5.92 Å². The molecule has 0 aliphatic carbocycles. The van der Waals surface area contributed by atoms with E-state index in [9.17, 15) is 4.79 Å². The van der Waals surface area contributed by atoms with Crippen LogP contribution in [0.4, 0.5) is 0 Å². The minimum atomic E-state index is 0.318. The molecule has 0 aromatic carbocycles. The zero-order valence-electron chi connectivity index (χ0n) is 8.84. The van der Waals surface area contributed by atoms with Crippen LogP contribution in [0.1, 0.15) is 27.2 Å². The molecule has 1 unspecified atom stereocenters. The second kappa shape index (κ2) is 4.61. The molecule has 76 valence electrons. The predicted molar refractivity (Wildman–Crippen MR) is 53.5 cm³/mol. The highest BCUT2D eigenvalue weighted by atomic mass is 16.2. The molecule has 1 fully saturated rings. The molecule has 0 bridgehead atoms. The fraction of sp³-hybridized carbons (Fsp3) is 0.900. The summed E-state index contributed by atoms with van der Waals surface area (Å²) in [4.78, 5) is 13.5. The number of hydrogen-bond donors (Lipinski definition) is 1. The Morgan fingerprint density at radius 3 is 2.77 bits per heavy atom. The second-order valence-corrected chi connectivity index (χ2v) is 4.02. The highest BCUT2D eigenvalue weighted by molar-refractivity contribution is 5.78. The van der Waals surface area contributed by atoms with Crippen molar-refractivity contribution in [3.8, 4) is 0 Å². The molecule has 1 N–H and O–H groups in total. The van der Waals surface area contributed by atoms with Gasteiger partial charge in [0, 0.05) is 25.6 Å². The third-order valence-corrected chi connectivity index (χ3v) is 2.54. The summed E-state index contributed by atoms with van der Waals surface area (Å²) >= 11 is 0. The number of rotatable bonds is 4. The molecule has 3 nitrogen and oxygen atoms in total. The fourth-order valence-corrected chi connectivity index (χ4v) is 1.79. The van der Waals surface area contributed by atoms with Crippen molar-refractivity contribution in [3.05, 3.63) is 0 Å². The Labute approximate surface area is 80.5 Å². The van der Waals surface area contributed by atoms with Crippen LogP contribution in [-0.4, -0.2) is 36.5 Å². The molecule has 1 aliphatic heterocycles. The molecule has 0 radical (unpaired) electrons. The number of carbonyl (C=O) groups is 1. The van der Waals surface area contributed by atoms with Crippen molar-refractivity contribution in [1.29, 1.82) is 0 Å². The summed E-state index contributed by atoms with van der Waals surface area (Å²) in [5.41, 5.74) is 0. The van der Waals surface area contributed by atoms with Gasteiger partial charge in [-0.15, -0.1) is 0 Å². The third-order valence-electron chi connectivity index (χ3n) is 2.54. The summed E-state index contributed by atoms with van der Waals surface area (Å²) in [6, 6.07) is 0.360. The molecular formula is C10H20N2O. The lowest BCUT2D eigenvalue weighted by atomic mass is 10.1. The normalized spacial score (nSPS) is 23.2. The lowest BCUT2D eigenvalue weighted by Crippen LogP contribution is -2.33. The smallest absolute Gasteiger partial charge is 0.223 e. The van der Waals surface area contributed by atoms with E-state index in [-0.39, 0.29) is 0 Å². The first-order chi connectivity index (χ1) is 6.15. The number of amides is 1. The molecule has 0 aromatic heterocycles. The summed E-state index contributed by atoms with van der Waals surface area (Å²) in [6.07, 6.45) is 0.727. The van der Waals surface area contributed by atoms with Crippen LogP contribution < -0.4 is 5.32 Å². The molecule has 13 heavy (non-hydrogen) atoms. The molecule has 0 aromatic rings. The van der Waals surface area contributed by atoms with Crippen LogP contribution in [0.15, 0.2) is 0 Å². The van der Waals surface area contributed by atoms with Crippen LogP contribution in [0.25, 0.3) is 0 Å². The highest BCUT2D eigenvalue weighted by Gasteiger charge is 2.30. The first kappa shape index (κ1) is 10.5. The molecule has 3 heteroatoms. The summed E-state index contributed by atoms with van der Waals surface area (Å²) < 4.78 is 0. The molecule has 0 spiro atoms. The van der Waals surface area contributed by atoms with Gasteiger partial charge in [-0.05, 0) is 26.3 Å². The maximum atomic E-state index is 11.5. The summed E-state index contributed by atoms with van der Waals surface area (Å²) in [7, 11) is 0. The van der Waals surface area contributed by atoms with Gasteiger partial charge in [-0.25, -0.2) is 0 Å². The van der Waals surface area contributed by atoms with Crippen LogP contribution >= 0.6 is 0 Å². The van der Waals surface area contributed by atoms with Crippen LogP contribution in [0, 0.1) is 5.92 Å². The van der Waals surface area contributed by atoms with Crippen LogP contribution in [0.3, 0.4) is 0 Å². The fourth-order valence-electron chi connectivity index (χ4n) is 1.79. The Morgan fingerprint density at radius 1 is 1.62 bits per heavy atom. The molecule has 1 amide bonds. The average Bonchev–Trinajstić information content (AvgIpc) is 2.43. The Kier molecular flexibility index (Phi) is 3.72. The van der Waals surface area contributed by atoms with E-state index in [4.69, 9.17) is 0 Å². The Hall–Kier alpha value is -0.570. The van der Waals surface area contributed by atoms with Crippen LogP contribution in [0.2, 0.25) is 0 Å². The highest BCUT2D eigenvalue weighted by Crippen LogP contribution is 2.18. The minimum Gasteiger partial charge on any atom is -0.340 e. The molecule has 1 saturated heterocycles. The van der Waals surface area contributed by atoms with Crippen LogP contribution in [-0.2, 0) is 4.79 Å². The van der Waals surface area contributed by atoms with Crippen molar-refractivity contribution in [2.75, 3.05) is 19.6 Å². The van der Waals surface area contributed by atoms with Gasteiger partial charge in [-0.3, -0.25) is 4.79 Å². The largest absolute Gasteiger partial charge is 0.340 e. The maximum absolute atomic E-state index is 11.5. The van der Waals surface area contributed by atoms with Gasteiger partial charge < -0.3 is 10.2 Å². The molecule has 1 heterocycles. The standard InChI is InChI=1S/C10H20N2O/c1-4-11-6-9-5-10(13)12(7-9)8(2)3/h8-9,11H,4-7H2,1-3H3. The van der Waals surface area contributed by atoms with E-state index in [1.54, 1.807) is 0 Å². The summed E-state index contributed by atoms with van der Waals surface area (Å²) in [5.74, 6) is 0.841. The van der Waals surface area contributed by atoms with Crippen molar-refractivity contribution in [1.82, 2.24) is 10.2 Å². The van der Waals surface area contributed by atoms with Crippen molar-refractivity contribution in [3.63, 3.8) is 0 Å². The molecule has 1 rings (SSSR count). The van der Waals surface area contributed by atoms with Gasteiger partial charge in [0.25, 0.3) is 0 Å². The number of nitrogens with zero attached hydrogens (tertiary/aromatic N) is 1. The van der Waals surface area contributed by atoms with Gasteiger partial charge in [-0.1, -0.05) is 6.92 Å². The minimum absolute atomic E-state index is 0.318. The lowest BCUT2D eigenvalue weighted by molar-refractivity contribution is -0.129. The van der Waals surface area contributed by atoms with E-state index >= 15 is 0 Å². The lowest BCUT2D eigenvalue weighted by Gasteiger charge is -2.20. The monoisotopic (exact) mass is 184 g/mol. The Balaban J connectivity index is 2.36. The van der Waals surface area contributed by atoms with E-state index in [1.807, 2.05) is 4.90 Å². The first-order valence-electron chi connectivity index (χ1n) is 5.15. The van der Waals surface area contributed by atoms with Gasteiger partial charge in [0.15, 0.2) is 0 Å². The van der Waals surface area contributed by atoms with Gasteiger partial charge in [0.1, 0.15) is 0 Å². The van der Waals surface area contributed by atoms with E-state index in [0.717, 1.165) is 26.1 Å². The topological polar surface area (TPSA) is 32.3 Å². The number of hydrogen-bond acceptors (Lipinski definition) is 2. The molecule has 1 atom stereocenters. The zero-order chi connectivity index (χ0) is 9.84. The average molecular weight is 184 g/mol. The predicted octanol–water partition coefficient (Wildman–Crippen LogP) is 0.853. The van der Waals surface area contributed by atoms with Gasteiger partial charge >= 0.3 is 0 Å². The molecular weight excluding hydrogens is 164 g/mol. The van der Waals surface area contributed by atoms with E-state index in [0.29, 0.717) is 17.9 Å². The summed E-state index contributed by atoms with van der Waals surface area (Å²) in [6.45, 7) is 9.15. The number of likely N-dealkylation sites (tertiary alicyclic amines) is 1. The van der Waals surface area contributed by atoms with Crippen molar-refractivity contribution in [2.45, 2.75) is 33.2 Å². The first-order valence-corrected chi connectivity index (χ1v) is 5.15. The Morgan fingerprint density at radius 2 is 2.31 bits per heavy atom. The number of carbonyl (C=O) groups excluding carboxylic acids is 1. The molecule has 0 saturated carbocycles. The van der Waals surface area contributed by atoms with Gasteiger partial charge in [0.05, 0.1) is 0 Å². The zero-order valence-corrected chi connectivity index (χ0v) is 8.84. The van der Waals surface area contributed by atoms with E-state index in [2.05, 4.69) is 26.1 Å². The van der Waals surface area contributed by atoms with Gasteiger partial charge in [0.2, 0.25) is 5.91 Å². The second-order valence-electron chi connectivity index (χ2n) is 4.02. The molecule has 1 aliphatic rings. The maximum Gasteiger partial charge on any atom is 0.223 e. The number of nitrogens with one attached hydrogen (secondary N) is 1. The SMILES string of the molecule is CCNCC1CC(=O)N(C(C)C)C1. The van der Waals surface area contributed by atoms with Crippen molar-refractivity contribution >= 4 is 5.91 Å². The van der Waals surface area contributed by atoms with E-state index in [1.165, 1.54) is 0 Å². The van der Waals surface area contributed by atoms with Crippen LogP contribution in [0.5, 0.6) is 0 Å². The third kappa shape index (κ3) is 2.69.